The average molecular weight is 157 g/mol. The molecule has 2 N–H and O–H groups in total. The highest BCUT2D eigenvalue weighted by Crippen LogP contribution is 1.92. The van der Waals surface area contributed by atoms with E-state index in [1.807, 2.05) is 6.92 Å². The molecule has 11 heavy (non-hydrogen) atoms. The van der Waals surface area contributed by atoms with Crippen molar-refractivity contribution in [3.8, 4) is 0 Å². The highest BCUT2D eigenvalue weighted by atomic mass is 16.1. The molecule has 0 bridgehead atoms. The summed E-state index contributed by atoms with van der Waals surface area (Å²) in [7, 11) is 1.73. The van der Waals surface area contributed by atoms with Crippen molar-refractivity contribution in [2.45, 2.75) is 26.7 Å². The Balaban J connectivity index is 3.83. The third kappa shape index (κ3) is 5.54. The first-order valence-electron chi connectivity index (χ1n) is 3.67. The fourth-order valence-corrected chi connectivity index (χ4v) is 0.666. The Hall–Kier alpha value is -0.900. The van der Waals surface area contributed by atoms with Gasteiger partial charge in [0.05, 0.1) is 0 Å². The number of hydrogen-bond donors (Lipinski definition) is 2. The lowest BCUT2D eigenvalue weighted by Gasteiger charge is -2.00. The highest BCUT2D eigenvalue weighted by Gasteiger charge is 1.99. The molecule has 0 aliphatic carbocycles. The van der Waals surface area contributed by atoms with Crippen LogP contribution in [-0.2, 0) is 4.79 Å². The van der Waals surface area contributed by atoms with Crippen LogP contribution >= 0.6 is 0 Å². The molecule has 0 saturated heterocycles. The molecule has 0 fully saturated rings. The minimum atomic E-state index is 0.142. The number of carbonyl (C=O) groups is 1. The number of hydrazine groups is 1. The van der Waals surface area contributed by atoms with E-state index < -0.39 is 0 Å². The SMILES string of the molecule is CC/C(CC(C)=O)=N\NNC. The smallest absolute Gasteiger partial charge is 0.135 e. The quantitative estimate of drug-likeness (QED) is 0.450. The van der Waals surface area contributed by atoms with Crippen LogP contribution in [0.2, 0.25) is 0 Å². The molecule has 0 atom stereocenters. The van der Waals surface area contributed by atoms with Crippen LogP contribution in [0.3, 0.4) is 0 Å². The van der Waals surface area contributed by atoms with Gasteiger partial charge in [0, 0.05) is 19.2 Å². The van der Waals surface area contributed by atoms with E-state index in [4.69, 9.17) is 0 Å². The van der Waals surface area contributed by atoms with Crippen molar-refractivity contribution in [3.05, 3.63) is 0 Å². The molecular weight excluding hydrogens is 142 g/mol. The Morgan fingerprint density at radius 1 is 1.55 bits per heavy atom. The number of carbonyl (C=O) groups excluding carboxylic acids is 1. The molecular formula is C7H15N3O. The zero-order valence-electron chi connectivity index (χ0n) is 7.27. The van der Waals surface area contributed by atoms with Crippen LogP contribution in [0.15, 0.2) is 5.10 Å². The Labute approximate surface area is 67.0 Å². The summed E-state index contributed by atoms with van der Waals surface area (Å²) in [5.74, 6) is 0.142. The molecule has 4 nitrogen and oxygen atoms in total. The van der Waals surface area contributed by atoms with Crippen molar-refractivity contribution >= 4 is 11.5 Å². The van der Waals surface area contributed by atoms with Gasteiger partial charge >= 0.3 is 0 Å². The zero-order chi connectivity index (χ0) is 8.69. The number of ketones is 1. The predicted molar refractivity (Wildman–Crippen MR) is 45.2 cm³/mol. The summed E-state index contributed by atoms with van der Waals surface area (Å²) in [6, 6.07) is 0. The molecule has 0 heterocycles. The summed E-state index contributed by atoms with van der Waals surface area (Å²) in [4.78, 5) is 10.6. The summed E-state index contributed by atoms with van der Waals surface area (Å²) in [6.07, 6.45) is 1.24. The van der Waals surface area contributed by atoms with Gasteiger partial charge in [0.25, 0.3) is 0 Å². The van der Waals surface area contributed by atoms with E-state index >= 15 is 0 Å². The molecule has 0 aliphatic rings. The van der Waals surface area contributed by atoms with Gasteiger partial charge in [0.15, 0.2) is 0 Å². The molecule has 0 spiro atoms. The number of hydrogen-bond acceptors (Lipinski definition) is 4. The van der Waals surface area contributed by atoms with E-state index in [1.54, 1.807) is 14.0 Å². The van der Waals surface area contributed by atoms with Crippen LogP contribution in [0.1, 0.15) is 26.7 Å². The second-order valence-corrected chi connectivity index (χ2v) is 2.27. The average Bonchev–Trinajstić information content (AvgIpc) is 1.97. The molecule has 0 amide bonds. The number of rotatable bonds is 5. The van der Waals surface area contributed by atoms with Gasteiger partial charge in [-0.05, 0) is 13.3 Å². The normalized spacial score (nSPS) is 11.4. The predicted octanol–water partition coefficient (Wildman–Crippen LogP) is 0.456. The van der Waals surface area contributed by atoms with Crippen LogP contribution in [0, 0.1) is 0 Å². The second kappa shape index (κ2) is 5.85. The van der Waals surface area contributed by atoms with E-state index in [9.17, 15) is 4.79 Å². The first-order chi connectivity index (χ1) is 5.20. The molecule has 0 aromatic heterocycles. The first kappa shape index (κ1) is 10.1. The van der Waals surface area contributed by atoms with E-state index in [0.29, 0.717) is 6.42 Å². The largest absolute Gasteiger partial charge is 0.300 e. The lowest BCUT2D eigenvalue weighted by molar-refractivity contribution is -0.115. The minimum absolute atomic E-state index is 0.142. The van der Waals surface area contributed by atoms with Crippen LogP contribution in [0.25, 0.3) is 0 Å². The summed E-state index contributed by atoms with van der Waals surface area (Å²) >= 11 is 0. The highest BCUT2D eigenvalue weighted by molar-refractivity contribution is 6.00. The monoisotopic (exact) mass is 157 g/mol. The Morgan fingerprint density at radius 2 is 2.18 bits per heavy atom. The van der Waals surface area contributed by atoms with Crippen molar-refractivity contribution in [2.75, 3.05) is 7.05 Å². The molecule has 0 saturated carbocycles. The lowest BCUT2D eigenvalue weighted by atomic mass is 10.2. The van der Waals surface area contributed by atoms with Crippen molar-refractivity contribution < 1.29 is 4.79 Å². The second-order valence-electron chi connectivity index (χ2n) is 2.27. The summed E-state index contributed by atoms with van der Waals surface area (Å²) < 4.78 is 0. The standard InChI is InChI=1S/C7H15N3O/c1-4-7(5-6(2)11)9-10-8-3/h8,10H,4-5H2,1-3H3/b9-7+. The van der Waals surface area contributed by atoms with Gasteiger partial charge in [-0.25, -0.2) is 11.0 Å². The minimum Gasteiger partial charge on any atom is -0.300 e. The van der Waals surface area contributed by atoms with E-state index in [2.05, 4.69) is 16.1 Å². The van der Waals surface area contributed by atoms with Gasteiger partial charge in [-0.3, -0.25) is 4.79 Å². The first-order valence-corrected chi connectivity index (χ1v) is 3.67. The van der Waals surface area contributed by atoms with Crippen LogP contribution < -0.4 is 11.0 Å². The number of Topliss-reactive ketones (excluding diaryl/α,β-unsaturated/α-hetero) is 1. The molecule has 0 aliphatic heterocycles. The van der Waals surface area contributed by atoms with Crippen molar-refractivity contribution in [1.29, 1.82) is 0 Å². The third-order valence-corrected chi connectivity index (χ3v) is 1.19. The Bertz CT molecular complexity index is 154. The topological polar surface area (TPSA) is 53.5 Å². The molecule has 64 valence electrons. The van der Waals surface area contributed by atoms with Gasteiger partial charge in [0.1, 0.15) is 5.78 Å². The number of nitrogens with one attached hydrogen (secondary N) is 2. The molecule has 0 rings (SSSR count). The van der Waals surface area contributed by atoms with E-state index in [0.717, 1.165) is 12.1 Å². The maximum Gasteiger partial charge on any atom is 0.135 e. The third-order valence-electron chi connectivity index (χ3n) is 1.19. The van der Waals surface area contributed by atoms with Gasteiger partial charge in [-0.15, -0.1) is 0 Å². The number of nitrogens with zero attached hydrogens (tertiary/aromatic N) is 1. The summed E-state index contributed by atoms with van der Waals surface area (Å²) in [5.41, 5.74) is 6.11. The zero-order valence-corrected chi connectivity index (χ0v) is 7.27. The molecule has 0 aromatic rings. The maximum atomic E-state index is 10.6. The van der Waals surface area contributed by atoms with Crippen molar-refractivity contribution in [1.82, 2.24) is 11.0 Å². The van der Waals surface area contributed by atoms with Crippen LogP contribution in [-0.4, -0.2) is 18.5 Å². The van der Waals surface area contributed by atoms with Gasteiger partial charge in [0.2, 0.25) is 0 Å². The maximum absolute atomic E-state index is 10.6. The fourth-order valence-electron chi connectivity index (χ4n) is 0.666. The van der Waals surface area contributed by atoms with Gasteiger partial charge < -0.3 is 0 Å². The Kier molecular flexibility index (Phi) is 5.37. The summed E-state index contributed by atoms with van der Waals surface area (Å²) in [5, 5.41) is 3.94. The van der Waals surface area contributed by atoms with E-state index in [-0.39, 0.29) is 5.78 Å². The van der Waals surface area contributed by atoms with Crippen LogP contribution in [0.5, 0.6) is 0 Å². The van der Waals surface area contributed by atoms with Crippen LogP contribution in [0.4, 0.5) is 0 Å². The fraction of sp³-hybridized carbons (Fsp3) is 0.714. The van der Waals surface area contributed by atoms with Crippen molar-refractivity contribution in [3.63, 3.8) is 0 Å². The molecule has 0 radical (unpaired) electrons. The Morgan fingerprint density at radius 3 is 2.55 bits per heavy atom. The number of hydrazone groups is 1. The summed E-state index contributed by atoms with van der Waals surface area (Å²) in [6.45, 7) is 3.53. The molecule has 4 heteroatoms. The van der Waals surface area contributed by atoms with E-state index in [1.165, 1.54) is 0 Å². The molecule has 0 unspecified atom stereocenters. The van der Waals surface area contributed by atoms with Crippen molar-refractivity contribution in [2.24, 2.45) is 5.10 Å². The van der Waals surface area contributed by atoms with Gasteiger partial charge in [-0.1, -0.05) is 6.92 Å². The molecule has 0 aromatic carbocycles. The van der Waals surface area contributed by atoms with Gasteiger partial charge in [-0.2, -0.15) is 5.10 Å². The lowest BCUT2D eigenvalue weighted by Crippen LogP contribution is -2.23.